The van der Waals surface area contributed by atoms with Gasteiger partial charge >= 0.3 is 0 Å². The van der Waals surface area contributed by atoms with Gasteiger partial charge in [0, 0.05) is 30.6 Å². The zero-order valence-corrected chi connectivity index (χ0v) is 12.5. The van der Waals surface area contributed by atoms with Crippen LogP contribution in [0.4, 0.5) is 0 Å². The summed E-state index contributed by atoms with van der Waals surface area (Å²) in [5, 5.41) is 4.21. The largest absolute Gasteiger partial charge is 0.479 e. The summed E-state index contributed by atoms with van der Waals surface area (Å²) in [7, 11) is 3.59. The highest BCUT2D eigenvalue weighted by Gasteiger charge is 2.14. The van der Waals surface area contributed by atoms with Gasteiger partial charge in [-0.2, -0.15) is 10.1 Å². The number of ether oxygens (including phenoxy) is 1. The number of methoxy groups -OCH3 is 1. The number of imidazole rings is 1. The summed E-state index contributed by atoms with van der Waals surface area (Å²) in [6, 6.07) is 4.06. The van der Waals surface area contributed by atoms with E-state index in [1.807, 2.05) is 37.0 Å². The van der Waals surface area contributed by atoms with Gasteiger partial charge in [0.05, 0.1) is 12.6 Å². The summed E-state index contributed by atoms with van der Waals surface area (Å²) in [5.74, 6) is 1.47. The molecule has 0 saturated carbocycles. The van der Waals surface area contributed by atoms with Crippen LogP contribution in [-0.2, 0) is 7.05 Å². The van der Waals surface area contributed by atoms with Crippen LogP contribution in [0.25, 0.3) is 27.8 Å². The maximum Gasteiger partial charge on any atom is 0.241 e. The van der Waals surface area contributed by atoms with Gasteiger partial charge in [-0.25, -0.2) is 14.5 Å². The molecule has 110 valence electrons. The molecule has 0 radical (unpaired) electrons. The Hall–Kier alpha value is -2.96. The molecule has 0 aliphatic heterocycles. The topological polar surface area (TPSA) is 70.1 Å². The molecule has 22 heavy (non-hydrogen) atoms. The minimum Gasteiger partial charge on any atom is -0.479 e. The van der Waals surface area contributed by atoms with E-state index in [1.165, 1.54) is 6.33 Å². The van der Waals surface area contributed by atoms with Crippen LogP contribution in [0.3, 0.4) is 0 Å². The molecule has 7 heteroatoms. The predicted octanol–water partition coefficient (Wildman–Crippen LogP) is 2.00. The Morgan fingerprint density at radius 3 is 2.91 bits per heavy atom. The average Bonchev–Trinajstić information content (AvgIpc) is 3.09. The second kappa shape index (κ2) is 4.52. The van der Waals surface area contributed by atoms with E-state index in [1.54, 1.807) is 11.6 Å². The van der Waals surface area contributed by atoms with Gasteiger partial charge in [-0.05, 0) is 19.1 Å². The molecular weight excluding hydrogens is 280 g/mol. The summed E-state index contributed by atoms with van der Waals surface area (Å²) in [5.41, 5.74) is 4.52. The van der Waals surface area contributed by atoms with Crippen LogP contribution >= 0.6 is 0 Å². The van der Waals surface area contributed by atoms with Crippen molar-refractivity contribution >= 4 is 16.7 Å². The van der Waals surface area contributed by atoms with Crippen molar-refractivity contribution in [1.29, 1.82) is 0 Å². The standard InChI is InChI=1S/C15H14N6O/c1-9-19-14-12(20(9)2)6-10(7-16-14)11-4-5-21-13(11)15(22-3)17-8-18-21/h4-8H,1-3H3. The van der Waals surface area contributed by atoms with Crippen molar-refractivity contribution in [1.82, 2.24) is 29.1 Å². The van der Waals surface area contributed by atoms with Gasteiger partial charge in [-0.1, -0.05) is 0 Å². The minimum absolute atomic E-state index is 0.538. The number of aryl methyl sites for hydroxylation is 2. The SMILES string of the molecule is COc1ncnn2ccc(-c3cnc4nc(C)n(C)c4c3)c12. The first-order valence-electron chi connectivity index (χ1n) is 6.85. The Bertz CT molecular complexity index is 1000. The first kappa shape index (κ1) is 12.8. The van der Waals surface area contributed by atoms with Crippen molar-refractivity contribution in [3.63, 3.8) is 0 Å². The van der Waals surface area contributed by atoms with Crippen LogP contribution in [-0.4, -0.2) is 36.2 Å². The van der Waals surface area contributed by atoms with Gasteiger partial charge in [-0.3, -0.25) is 0 Å². The van der Waals surface area contributed by atoms with Crippen LogP contribution < -0.4 is 4.74 Å². The highest BCUT2D eigenvalue weighted by atomic mass is 16.5. The fraction of sp³-hybridized carbons (Fsp3) is 0.200. The number of nitrogens with zero attached hydrogens (tertiary/aromatic N) is 6. The summed E-state index contributed by atoms with van der Waals surface area (Å²) >= 11 is 0. The Morgan fingerprint density at radius 2 is 2.09 bits per heavy atom. The molecule has 0 aliphatic rings. The van der Waals surface area contributed by atoms with E-state index in [9.17, 15) is 0 Å². The number of pyridine rings is 1. The molecule has 4 rings (SSSR count). The number of rotatable bonds is 2. The fourth-order valence-electron chi connectivity index (χ4n) is 2.64. The molecule has 0 atom stereocenters. The lowest BCUT2D eigenvalue weighted by Gasteiger charge is -2.05. The number of fused-ring (bicyclic) bond motifs is 2. The van der Waals surface area contributed by atoms with Gasteiger partial charge in [0.1, 0.15) is 17.7 Å². The molecule has 0 fully saturated rings. The molecule has 0 saturated heterocycles. The van der Waals surface area contributed by atoms with E-state index in [2.05, 4.69) is 26.1 Å². The highest BCUT2D eigenvalue weighted by molar-refractivity contribution is 5.87. The summed E-state index contributed by atoms with van der Waals surface area (Å²) in [6.07, 6.45) is 5.17. The van der Waals surface area contributed by atoms with Crippen molar-refractivity contribution in [3.05, 3.63) is 36.7 Å². The fourth-order valence-corrected chi connectivity index (χ4v) is 2.64. The van der Waals surface area contributed by atoms with Crippen molar-refractivity contribution in [2.75, 3.05) is 7.11 Å². The molecular formula is C15H14N6O. The van der Waals surface area contributed by atoms with E-state index >= 15 is 0 Å². The van der Waals surface area contributed by atoms with Gasteiger partial charge in [-0.15, -0.1) is 0 Å². The highest BCUT2D eigenvalue weighted by Crippen LogP contribution is 2.31. The predicted molar refractivity (Wildman–Crippen MR) is 81.8 cm³/mol. The van der Waals surface area contributed by atoms with Crippen LogP contribution in [0.15, 0.2) is 30.9 Å². The van der Waals surface area contributed by atoms with Crippen LogP contribution in [0.2, 0.25) is 0 Å². The maximum atomic E-state index is 5.35. The van der Waals surface area contributed by atoms with Crippen LogP contribution in [0.5, 0.6) is 5.88 Å². The Labute approximate surface area is 126 Å². The zero-order valence-electron chi connectivity index (χ0n) is 12.5. The molecule has 0 aromatic carbocycles. The molecule has 4 aromatic rings. The summed E-state index contributed by atoms with van der Waals surface area (Å²) < 4.78 is 9.13. The Morgan fingerprint density at radius 1 is 1.23 bits per heavy atom. The molecule has 0 unspecified atom stereocenters. The third-order valence-corrected chi connectivity index (χ3v) is 3.89. The van der Waals surface area contributed by atoms with E-state index < -0.39 is 0 Å². The third-order valence-electron chi connectivity index (χ3n) is 3.89. The average molecular weight is 294 g/mol. The molecule has 4 aromatic heterocycles. The molecule has 0 N–H and O–H groups in total. The molecule has 4 heterocycles. The maximum absolute atomic E-state index is 5.35. The van der Waals surface area contributed by atoms with Gasteiger partial charge < -0.3 is 9.30 Å². The van der Waals surface area contributed by atoms with Crippen molar-refractivity contribution < 1.29 is 4.74 Å². The third kappa shape index (κ3) is 1.68. The van der Waals surface area contributed by atoms with Crippen molar-refractivity contribution in [2.45, 2.75) is 6.92 Å². The van der Waals surface area contributed by atoms with Gasteiger partial charge in [0.15, 0.2) is 5.65 Å². The smallest absolute Gasteiger partial charge is 0.241 e. The number of hydrogen-bond donors (Lipinski definition) is 0. The summed E-state index contributed by atoms with van der Waals surface area (Å²) in [6.45, 7) is 1.96. The number of aromatic nitrogens is 6. The number of hydrogen-bond acceptors (Lipinski definition) is 5. The van der Waals surface area contributed by atoms with E-state index in [-0.39, 0.29) is 0 Å². The molecule has 7 nitrogen and oxygen atoms in total. The minimum atomic E-state index is 0.538. The van der Waals surface area contributed by atoms with E-state index in [4.69, 9.17) is 4.74 Å². The normalized spacial score (nSPS) is 11.4. The quantitative estimate of drug-likeness (QED) is 0.565. The lowest BCUT2D eigenvalue weighted by Crippen LogP contribution is -1.97. The van der Waals surface area contributed by atoms with Crippen molar-refractivity contribution in [3.8, 4) is 17.0 Å². The molecule has 0 amide bonds. The molecule has 0 aliphatic carbocycles. The van der Waals surface area contributed by atoms with Gasteiger partial charge in [0.2, 0.25) is 5.88 Å². The Kier molecular flexibility index (Phi) is 2.62. The lowest BCUT2D eigenvalue weighted by atomic mass is 10.1. The second-order valence-electron chi connectivity index (χ2n) is 5.08. The summed E-state index contributed by atoms with van der Waals surface area (Å²) in [4.78, 5) is 13.1. The molecule has 0 bridgehead atoms. The van der Waals surface area contributed by atoms with Crippen LogP contribution in [0, 0.1) is 6.92 Å². The van der Waals surface area contributed by atoms with Crippen molar-refractivity contribution in [2.24, 2.45) is 7.05 Å². The van der Waals surface area contributed by atoms with E-state index in [0.29, 0.717) is 5.88 Å². The second-order valence-corrected chi connectivity index (χ2v) is 5.08. The first-order valence-corrected chi connectivity index (χ1v) is 6.85. The van der Waals surface area contributed by atoms with E-state index in [0.717, 1.165) is 33.6 Å². The molecule has 0 spiro atoms. The first-order chi connectivity index (χ1) is 10.7. The van der Waals surface area contributed by atoms with Gasteiger partial charge in [0.25, 0.3) is 0 Å². The van der Waals surface area contributed by atoms with Crippen LogP contribution in [0.1, 0.15) is 5.82 Å². The Balaban J connectivity index is 2.01. The monoisotopic (exact) mass is 294 g/mol. The zero-order chi connectivity index (χ0) is 15.3. The lowest BCUT2D eigenvalue weighted by molar-refractivity contribution is 0.399.